The molecule has 0 aromatic heterocycles. The molecule has 21 heavy (non-hydrogen) atoms. The van der Waals surface area contributed by atoms with Gasteiger partial charge in [-0.15, -0.1) is 0 Å². The molecule has 0 aliphatic heterocycles. The van der Waals surface area contributed by atoms with Crippen LogP contribution in [0, 0.1) is 12.7 Å². The highest BCUT2D eigenvalue weighted by Crippen LogP contribution is 2.26. The lowest BCUT2D eigenvalue weighted by Crippen LogP contribution is -2.14. The molecule has 0 spiro atoms. The summed E-state index contributed by atoms with van der Waals surface area (Å²) >= 11 is 5.65. The summed E-state index contributed by atoms with van der Waals surface area (Å²) < 4.78 is 40.5. The molecule has 4 nitrogen and oxygen atoms in total. The van der Waals surface area contributed by atoms with Crippen molar-refractivity contribution in [2.24, 2.45) is 0 Å². The van der Waals surface area contributed by atoms with Crippen LogP contribution in [0.5, 0.6) is 0 Å². The van der Waals surface area contributed by atoms with Gasteiger partial charge in [0.2, 0.25) is 0 Å². The summed E-state index contributed by atoms with van der Waals surface area (Å²) in [6.07, 6.45) is 0. The number of aryl methyl sites for hydroxylation is 1. The zero-order chi connectivity index (χ0) is 15.6. The van der Waals surface area contributed by atoms with Gasteiger partial charge in [0.15, 0.2) is 0 Å². The Kier molecular flexibility index (Phi) is 4.51. The first-order valence-electron chi connectivity index (χ1n) is 6.02. The van der Waals surface area contributed by atoms with Gasteiger partial charge in [0.05, 0.1) is 16.5 Å². The highest BCUT2D eigenvalue weighted by Gasteiger charge is 2.19. The van der Waals surface area contributed by atoms with E-state index in [0.29, 0.717) is 5.69 Å². The molecular formula is C14H13ClFNO3S. The van der Waals surface area contributed by atoms with Crippen molar-refractivity contribution >= 4 is 27.3 Å². The first-order valence-corrected chi connectivity index (χ1v) is 7.88. The molecular weight excluding hydrogens is 317 g/mol. The maximum atomic E-state index is 13.6. The van der Waals surface area contributed by atoms with Gasteiger partial charge in [0.1, 0.15) is 5.82 Å². The summed E-state index contributed by atoms with van der Waals surface area (Å²) in [5, 5.41) is 8.81. The molecule has 2 rings (SSSR count). The Hall–Kier alpha value is -1.63. The van der Waals surface area contributed by atoms with E-state index in [9.17, 15) is 12.8 Å². The predicted molar refractivity (Wildman–Crippen MR) is 79.3 cm³/mol. The summed E-state index contributed by atoms with van der Waals surface area (Å²) in [5.74, 6) is -0.896. The van der Waals surface area contributed by atoms with Crippen molar-refractivity contribution in [3.8, 4) is 0 Å². The zero-order valence-corrected chi connectivity index (χ0v) is 12.7. The van der Waals surface area contributed by atoms with Crippen LogP contribution in [0.15, 0.2) is 41.3 Å². The first-order chi connectivity index (χ1) is 9.83. The van der Waals surface area contributed by atoms with Crippen molar-refractivity contribution in [3.63, 3.8) is 0 Å². The fraction of sp³-hybridized carbons (Fsp3) is 0.143. The molecule has 0 amide bonds. The normalized spacial score (nSPS) is 11.4. The van der Waals surface area contributed by atoms with Gasteiger partial charge < -0.3 is 5.11 Å². The molecule has 0 heterocycles. The Labute approximate surface area is 127 Å². The van der Waals surface area contributed by atoms with Gasteiger partial charge in [0.25, 0.3) is 10.0 Å². The topological polar surface area (TPSA) is 66.4 Å². The van der Waals surface area contributed by atoms with E-state index in [4.69, 9.17) is 16.7 Å². The minimum Gasteiger partial charge on any atom is -0.392 e. The van der Waals surface area contributed by atoms with Crippen molar-refractivity contribution in [3.05, 3.63) is 58.4 Å². The average Bonchev–Trinajstić information content (AvgIpc) is 2.41. The zero-order valence-electron chi connectivity index (χ0n) is 11.1. The lowest BCUT2D eigenvalue weighted by Gasteiger charge is -2.11. The number of aliphatic hydroxyl groups excluding tert-OH is 1. The minimum atomic E-state index is -3.96. The van der Waals surface area contributed by atoms with Crippen LogP contribution in [0.4, 0.5) is 10.1 Å². The van der Waals surface area contributed by atoms with Gasteiger partial charge in [-0.3, -0.25) is 4.72 Å². The quantitative estimate of drug-likeness (QED) is 0.906. The van der Waals surface area contributed by atoms with E-state index in [1.807, 2.05) is 13.0 Å². The lowest BCUT2D eigenvalue weighted by atomic mass is 10.2. The smallest absolute Gasteiger partial charge is 0.262 e. The van der Waals surface area contributed by atoms with Crippen molar-refractivity contribution in [1.82, 2.24) is 0 Å². The third-order valence-corrected chi connectivity index (χ3v) is 4.61. The average molecular weight is 330 g/mol. The van der Waals surface area contributed by atoms with Crippen LogP contribution in [-0.2, 0) is 16.6 Å². The second-order valence-corrected chi connectivity index (χ2v) is 6.57. The van der Waals surface area contributed by atoms with Crippen molar-refractivity contribution < 1.29 is 17.9 Å². The fourth-order valence-electron chi connectivity index (χ4n) is 1.81. The number of rotatable bonds is 4. The number of sulfonamides is 1. The van der Waals surface area contributed by atoms with E-state index in [2.05, 4.69) is 4.72 Å². The molecule has 0 radical (unpaired) electrons. The van der Waals surface area contributed by atoms with E-state index < -0.39 is 22.4 Å². The van der Waals surface area contributed by atoms with Gasteiger partial charge in [0, 0.05) is 11.3 Å². The Morgan fingerprint density at radius 1 is 1.29 bits per heavy atom. The maximum Gasteiger partial charge on any atom is 0.262 e. The van der Waals surface area contributed by atoms with Gasteiger partial charge in [-0.25, -0.2) is 12.8 Å². The Balaban J connectivity index is 2.42. The predicted octanol–water partition coefficient (Wildman–Crippen LogP) is 3.08. The van der Waals surface area contributed by atoms with Gasteiger partial charge in [-0.1, -0.05) is 23.7 Å². The summed E-state index contributed by atoms with van der Waals surface area (Å²) in [5.41, 5.74) is 1.27. The number of hydrogen-bond donors (Lipinski definition) is 2. The second-order valence-electron chi connectivity index (χ2n) is 4.51. The molecule has 0 fully saturated rings. The van der Waals surface area contributed by atoms with E-state index in [1.54, 1.807) is 18.2 Å². The number of benzene rings is 2. The molecule has 0 saturated heterocycles. The van der Waals surface area contributed by atoms with E-state index in [1.165, 1.54) is 0 Å². The Bertz CT molecular complexity index is 778. The molecule has 112 valence electrons. The molecule has 0 saturated carbocycles. The van der Waals surface area contributed by atoms with E-state index in [0.717, 1.165) is 17.7 Å². The standard InChI is InChI=1S/C14H13ClFNO3S/c1-9-3-2-4-11(5-9)17-21(19,20)12-6-10(8-18)14(15)13(16)7-12/h2-7,17-18H,8H2,1H3. The largest absolute Gasteiger partial charge is 0.392 e. The molecule has 2 N–H and O–H groups in total. The van der Waals surface area contributed by atoms with Crippen LogP contribution in [0.1, 0.15) is 11.1 Å². The monoisotopic (exact) mass is 329 g/mol. The summed E-state index contributed by atoms with van der Waals surface area (Å²) in [7, 11) is -3.96. The number of halogens is 2. The van der Waals surface area contributed by atoms with Crippen molar-refractivity contribution in [2.75, 3.05) is 4.72 Å². The number of hydrogen-bond acceptors (Lipinski definition) is 3. The minimum absolute atomic E-state index is 0.0151. The molecule has 0 aliphatic carbocycles. The number of anilines is 1. The summed E-state index contributed by atoms with van der Waals surface area (Å²) in [6, 6.07) is 8.72. The molecule has 0 bridgehead atoms. The molecule has 0 atom stereocenters. The van der Waals surface area contributed by atoms with E-state index >= 15 is 0 Å². The van der Waals surface area contributed by atoms with Gasteiger partial charge >= 0.3 is 0 Å². The van der Waals surface area contributed by atoms with Gasteiger partial charge in [-0.2, -0.15) is 0 Å². The fourth-order valence-corrected chi connectivity index (χ4v) is 3.09. The highest BCUT2D eigenvalue weighted by atomic mass is 35.5. The second kappa shape index (κ2) is 6.01. The molecule has 2 aromatic carbocycles. The summed E-state index contributed by atoms with van der Waals surface area (Å²) in [6.45, 7) is 1.27. The summed E-state index contributed by atoms with van der Waals surface area (Å²) in [4.78, 5) is -0.296. The number of aliphatic hydroxyl groups is 1. The van der Waals surface area contributed by atoms with E-state index in [-0.39, 0.29) is 15.5 Å². The number of nitrogens with one attached hydrogen (secondary N) is 1. The molecule has 0 aliphatic rings. The maximum absolute atomic E-state index is 13.6. The van der Waals surface area contributed by atoms with Crippen molar-refractivity contribution in [1.29, 1.82) is 0 Å². The third-order valence-electron chi connectivity index (χ3n) is 2.83. The SMILES string of the molecule is Cc1cccc(NS(=O)(=O)c2cc(F)c(Cl)c(CO)c2)c1. The molecule has 7 heteroatoms. The first kappa shape index (κ1) is 15.8. The van der Waals surface area contributed by atoms with Crippen molar-refractivity contribution in [2.45, 2.75) is 18.4 Å². The van der Waals surface area contributed by atoms with Crippen LogP contribution in [-0.4, -0.2) is 13.5 Å². The van der Waals surface area contributed by atoms with Gasteiger partial charge in [-0.05, 0) is 36.8 Å². The lowest BCUT2D eigenvalue weighted by molar-refractivity contribution is 0.281. The Morgan fingerprint density at radius 2 is 2.00 bits per heavy atom. The van der Waals surface area contributed by atoms with Crippen LogP contribution in [0.3, 0.4) is 0 Å². The molecule has 0 unspecified atom stereocenters. The molecule has 2 aromatic rings. The third kappa shape index (κ3) is 3.53. The van der Waals surface area contributed by atoms with Crippen LogP contribution in [0.25, 0.3) is 0 Å². The van der Waals surface area contributed by atoms with Crippen LogP contribution >= 0.6 is 11.6 Å². The Morgan fingerprint density at radius 3 is 2.62 bits per heavy atom. The highest BCUT2D eigenvalue weighted by molar-refractivity contribution is 7.92. The van der Waals surface area contributed by atoms with Crippen LogP contribution < -0.4 is 4.72 Å². The van der Waals surface area contributed by atoms with Crippen LogP contribution in [0.2, 0.25) is 5.02 Å².